The Labute approximate surface area is 349 Å². The third-order valence-corrected chi connectivity index (χ3v) is 10.2. The first-order chi connectivity index (χ1) is 28.3. The zero-order valence-corrected chi connectivity index (χ0v) is 35.5. The number of rotatable bonds is 26. The van der Waals surface area contributed by atoms with Gasteiger partial charge in [0.1, 0.15) is 43.2 Å². The Morgan fingerprint density at radius 3 is 1.50 bits per heavy atom. The van der Waals surface area contributed by atoms with Crippen LogP contribution in [0.2, 0.25) is 0 Å². The van der Waals surface area contributed by atoms with Crippen LogP contribution in [-0.4, -0.2) is 108 Å². The maximum atomic E-state index is 13.0. The summed E-state index contributed by atoms with van der Waals surface area (Å²) in [7, 11) is -16.7. The maximum Gasteiger partial charge on any atom is 0.472 e. The lowest BCUT2D eigenvalue weighted by Crippen LogP contribution is -2.65. The van der Waals surface area contributed by atoms with Crippen molar-refractivity contribution in [2.45, 2.75) is 140 Å². The van der Waals surface area contributed by atoms with Gasteiger partial charge in [0.15, 0.2) is 6.10 Å². The molecule has 0 radical (unpaired) electrons. The van der Waals surface area contributed by atoms with Crippen molar-refractivity contribution in [3.8, 4) is 71.5 Å². The maximum absolute atomic E-state index is 13.0. The summed E-state index contributed by atoms with van der Waals surface area (Å²) in [5.41, 5.74) is 0. The van der Waals surface area contributed by atoms with Crippen LogP contribution in [0.1, 0.15) is 96.8 Å². The van der Waals surface area contributed by atoms with Crippen LogP contribution >= 0.6 is 23.5 Å². The van der Waals surface area contributed by atoms with Gasteiger partial charge in [0.2, 0.25) is 0 Å². The largest absolute Gasteiger partial charge is 0.472 e. The number of hydrogen-bond acceptors (Lipinski definition) is 14. The predicted molar refractivity (Wildman–Crippen MR) is 211 cm³/mol. The van der Waals surface area contributed by atoms with E-state index in [4.69, 9.17) is 24.9 Å². The molecule has 60 heavy (non-hydrogen) atoms. The van der Waals surface area contributed by atoms with E-state index in [1.165, 1.54) is 44.9 Å². The summed E-state index contributed by atoms with van der Waals surface area (Å²) in [6, 6.07) is 0. The Balaban J connectivity index is 2.94. The molecular weight excluding hydrogens is 853 g/mol. The van der Waals surface area contributed by atoms with Gasteiger partial charge in [0, 0.05) is 12.3 Å². The van der Waals surface area contributed by atoms with Gasteiger partial charge in [-0.3, -0.25) is 22.9 Å². The van der Waals surface area contributed by atoms with E-state index in [2.05, 4.69) is 75.2 Å². The summed E-state index contributed by atoms with van der Waals surface area (Å²) in [4.78, 5) is 72.2. The molecule has 19 nitrogen and oxygen atoms in total. The predicted octanol–water partition coefficient (Wildman–Crippen LogP) is 2.13. The number of terminal acetylenes is 1. The van der Waals surface area contributed by atoms with Crippen LogP contribution in [0.3, 0.4) is 0 Å². The SMILES string of the molecule is C#CC#CC#CC#CC#CC#CC(=O)OC[C@H](COP(=O)(O)OC1C(O)[C@@H](OP(=O)(O)O)C(OP(=O)(O)O)[C@@H](O)[C@H]1O)OC(=O)CCCCCCCCCCCCCCC. The fourth-order valence-corrected chi connectivity index (χ4v) is 7.50. The van der Waals surface area contributed by atoms with Gasteiger partial charge < -0.3 is 49.3 Å². The molecule has 8 N–H and O–H groups in total. The summed E-state index contributed by atoms with van der Waals surface area (Å²) >= 11 is 0. The van der Waals surface area contributed by atoms with E-state index in [1.807, 2.05) is 5.92 Å². The number of carbonyl (C=O) groups is 2. The molecule has 0 bridgehead atoms. The Morgan fingerprint density at radius 1 is 0.583 bits per heavy atom. The smallest absolute Gasteiger partial charge is 0.456 e. The molecule has 0 heterocycles. The summed E-state index contributed by atoms with van der Waals surface area (Å²) < 4.78 is 64.4. The summed E-state index contributed by atoms with van der Waals surface area (Å²) in [5.74, 6) is 22.8. The van der Waals surface area contributed by atoms with Gasteiger partial charge in [-0.25, -0.2) is 18.5 Å². The number of hydrogen-bond donors (Lipinski definition) is 8. The highest BCUT2D eigenvalue weighted by Crippen LogP contribution is 2.51. The van der Waals surface area contributed by atoms with Gasteiger partial charge in [-0.05, 0) is 65.6 Å². The number of phosphoric ester groups is 3. The molecular formula is C38H51O19P3. The molecule has 0 amide bonds. The average molecular weight is 905 g/mol. The summed E-state index contributed by atoms with van der Waals surface area (Å²) in [5, 5.41) is 31.6. The normalized spacial score (nSPS) is 21.1. The van der Waals surface area contributed by atoms with Crippen LogP contribution in [0.15, 0.2) is 0 Å². The molecule has 0 aromatic carbocycles. The lowest BCUT2D eigenvalue weighted by atomic mass is 9.85. The Bertz CT molecular complexity index is 1880. The zero-order chi connectivity index (χ0) is 45.0. The quantitative estimate of drug-likeness (QED) is 0.0203. The highest BCUT2D eigenvalue weighted by atomic mass is 31.2. The van der Waals surface area contributed by atoms with Gasteiger partial charge in [-0.2, -0.15) is 0 Å². The summed E-state index contributed by atoms with van der Waals surface area (Å²) in [6.45, 7) is 0.365. The topological polar surface area (TPSA) is 303 Å². The number of ether oxygens (including phenoxy) is 2. The van der Waals surface area contributed by atoms with E-state index in [0.29, 0.717) is 12.8 Å². The fraction of sp³-hybridized carbons (Fsp3) is 0.632. The first-order valence-electron chi connectivity index (χ1n) is 18.8. The van der Waals surface area contributed by atoms with Gasteiger partial charge in [-0.1, -0.05) is 84.0 Å². The van der Waals surface area contributed by atoms with Gasteiger partial charge >= 0.3 is 35.4 Å². The molecule has 0 spiro atoms. The van der Waals surface area contributed by atoms with Gasteiger partial charge in [-0.15, -0.1) is 6.42 Å². The van der Waals surface area contributed by atoms with Crippen molar-refractivity contribution in [3.63, 3.8) is 0 Å². The van der Waals surface area contributed by atoms with Crippen LogP contribution in [0, 0.1) is 71.5 Å². The van der Waals surface area contributed by atoms with Crippen molar-refractivity contribution in [2.75, 3.05) is 13.2 Å². The zero-order valence-electron chi connectivity index (χ0n) is 32.8. The lowest BCUT2D eigenvalue weighted by molar-refractivity contribution is -0.213. The van der Waals surface area contributed by atoms with E-state index < -0.39 is 91.3 Å². The van der Waals surface area contributed by atoms with Crippen molar-refractivity contribution >= 4 is 35.4 Å². The molecule has 1 aliphatic rings. The molecule has 0 aromatic rings. The second-order valence-corrected chi connectivity index (χ2v) is 16.8. The number of unbranched alkanes of at least 4 members (excludes halogenated alkanes) is 12. The minimum atomic E-state index is -5.63. The first-order valence-corrected chi connectivity index (χ1v) is 23.4. The number of carbonyl (C=O) groups excluding carboxylic acids is 2. The second-order valence-electron chi connectivity index (χ2n) is 13.0. The molecule has 1 saturated carbocycles. The Hall–Kier alpha value is -3.49. The standard InChI is InChI=1S/C38H51O19P3/c1-3-5-7-9-11-13-15-16-17-19-21-23-25-27-32(40)54-30(28-52-31(39)26-24-22-20-18-14-12-10-8-6-4-2)29-53-60(50,51)57-36-33(41)34(42)37(55-58(44,45)46)38(35(36)43)56-59(47,48)49/h2,30,33-38,41-43H,3,5,7,9,11,13,15-17,19,21,23,25,27-29H2,1H3,(H,50,51)(H2,44,45,46)(H2,47,48,49)/t30-,33-,34+,35?,36?,37?,38-/m1/s1. The molecule has 22 heteroatoms. The number of esters is 2. The van der Waals surface area contributed by atoms with E-state index in [9.17, 15) is 63.1 Å². The van der Waals surface area contributed by atoms with Gasteiger partial charge in [0.05, 0.1) is 6.61 Å². The number of aliphatic hydroxyl groups is 3. The Kier molecular flexibility index (Phi) is 27.0. The van der Waals surface area contributed by atoms with Crippen molar-refractivity contribution in [2.24, 2.45) is 0 Å². The molecule has 0 saturated heterocycles. The lowest BCUT2D eigenvalue weighted by Gasteiger charge is -2.44. The minimum absolute atomic E-state index is 0.0794. The third kappa shape index (κ3) is 26.0. The molecule has 1 aliphatic carbocycles. The second kappa shape index (κ2) is 29.7. The van der Waals surface area contributed by atoms with Crippen LogP contribution < -0.4 is 0 Å². The highest BCUT2D eigenvalue weighted by molar-refractivity contribution is 7.47. The van der Waals surface area contributed by atoms with Crippen molar-refractivity contribution in [1.82, 2.24) is 0 Å². The van der Waals surface area contributed by atoms with Crippen LogP contribution in [-0.2, 0) is 50.9 Å². The molecule has 0 aromatic heterocycles. The summed E-state index contributed by atoms with van der Waals surface area (Å²) in [6.07, 6.45) is 1.93. The molecule has 332 valence electrons. The number of phosphoric acid groups is 3. The molecule has 1 rings (SSSR count). The molecule has 1 fully saturated rings. The highest BCUT2D eigenvalue weighted by Gasteiger charge is 2.56. The van der Waals surface area contributed by atoms with Crippen LogP contribution in [0.5, 0.6) is 0 Å². The van der Waals surface area contributed by atoms with Crippen LogP contribution in [0.25, 0.3) is 0 Å². The van der Waals surface area contributed by atoms with Crippen LogP contribution in [0.4, 0.5) is 0 Å². The monoisotopic (exact) mass is 904 g/mol. The molecule has 0 aliphatic heterocycles. The fourth-order valence-electron chi connectivity index (χ4n) is 5.40. The first kappa shape index (κ1) is 54.5. The van der Waals surface area contributed by atoms with E-state index in [1.54, 1.807) is 0 Å². The Morgan fingerprint density at radius 2 is 1.02 bits per heavy atom. The molecule has 4 unspecified atom stereocenters. The van der Waals surface area contributed by atoms with E-state index >= 15 is 0 Å². The van der Waals surface area contributed by atoms with Gasteiger partial charge in [0.25, 0.3) is 0 Å². The van der Waals surface area contributed by atoms with Crippen molar-refractivity contribution < 1.29 is 90.6 Å². The van der Waals surface area contributed by atoms with E-state index in [0.717, 1.165) is 25.7 Å². The molecule has 8 atom stereocenters. The minimum Gasteiger partial charge on any atom is -0.456 e. The number of aliphatic hydroxyl groups excluding tert-OH is 3. The van der Waals surface area contributed by atoms with Crippen molar-refractivity contribution in [1.29, 1.82) is 0 Å². The third-order valence-electron chi connectivity index (χ3n) is 8.14. The average Bonchev–Trinajstić information content (AvgIpc) is 3.16. The van der Waals surface area contributed by atoms with E-state index in [-0.39, 0.29) is 6.42 Å². The van der Waals surface area contributed by atoms with Crippen molar-refractivity contribution in [3.05, 3.63) is 0 Å².